The molecule has 1 fully saturated rings. The summed E-state index contributed by atoms with van der Waals surface area (Å²) in [6.45, 7) is 2.73. The minimum absolute atomic E-state index is 0.0158. The van der Waals surface area contributed by atoms with Crippen LogP contribution >= 0.6 is 0 Å². The van der Waals surface area contributed by atoms with E-state index in [1.165, 1.54) is 4.90 Å². The number of benzene rings is 1. The maximum atomic E-state index is 12.3. The predicted molar refractivity (Wildman–Crippen MR) is 95.4 cm³/mol. The first-order chi connectivity index (χ1) is 12.0. The number of nitrogens with zero attached hydrogens (tertiary/aromatic N) is 1. The van der Waals surface area contributed by atoms with Crippen molar-refractivity contribution in [3.05, 3.63) is 29.8 Å². The summed E-state index contributed by atoms with van der Waals surface area (Å²) in [5.74, 6) is 0.505. The Bertz CT molecular complexity index is 583. The maximum absolute atomic E-state index is 12.3. The summed E-state index contributed by atoms with van der Waals surface area (Å²) in [4.78, 5) is 25.6. The van der Waals surface area contributed by atoms with Crippen LogP contribution in [0.1, 0.15) is 44.2 Å². The van der Waals surface area contributed by atoms with Gasteiger partial charge in [-0.1, -0.05) is 25.1 Å². The van der Waals surface area contributed by atoms with Gasteiger partial charge in [-0.15, -0.1) is 0 Å². The van der Waals surface area contributed by atoms with Gasteiger partial charge in [0.05, 0.1) is 18.6 Å². The number of carbonyl (C=O) groups is 2. The van der Waals surface area contributed by atoms with Crippen molar-refractivity contribution >= 4 is 11.8 Å². The zero-order valence-corrected chi connectivity index (χ0v) is 15.3. The number of amides is 2. The molecule has 1 heterocycles. The molecule has 1 aliphatic heterocycles. The summed E-state index contributed by atoms with van der Waals surface area (Å²) in [5.41, 5.74) is 0.886. The molecule has 1 aliphatic rings. The fourth-order valence-electron chi connectivity index (χ4n) is 2.83. The van der Waals surface area contributed by atoms with Crippen LogP contribution in [0.3, 0.4) is 0 Å². The quantitative estimate of drug-likeness (QED) is 0.783. The van der Waals surface area contributed by atoms with Gasteiger partial charge in [-0.2, -0.15) is 0 Å². The van der Waals surface area contributed by atoms with Gasteiger partial charge in [-0.25, -0.2) is 0 Å². The van der Waals surface area contributed by atoms with E-state index in [4.69, 9.17) is 9.47 Å². The lowest BCUT2D eigenvalue weighted by molar-refractivity contribution is -0.131. The molecule has 6 nitrogen and oxygen atoms in total. The first-order valence-corrected chi connectivity index (χ1v) is 8.84. The van der Waals surface area contributed by atoms with Gasteiger partial charge in [0.2, 0.25) is 5.91 Å². The second kappa shape index (κ2) is 9.42. The van der Waals surface area contributed by atoms with Gasteiger partial charge in [0.25, 0.3) is 5.91 Å². The molecule has 1 saturated heterocycles. The average molecular weight is 348 g/mol. The van der Waals surface area contributed by atoms with Crippen molar-refractivity contribution in [3.63, 3.8) is 0 Å². The van der Waals surface area contributed by atoms with Gasteiger partial charge in [0, 0.05) is 26.3 Å². The molecular weight excluding hydrogens is 320 g/mol. The fourth-order valence-corrected chi connectivity index (χ4v) is 2.83. The van der Waals surface area contributed by atoms with Gasteiger partial charge in [-0.05, 0) is 25.3 Å². The highest BCUT2D eigenvalue weighted by molar-refractivity contribution is 5.78. The van der Waals surface area contributed by atoms with Crippen molar-refractivity contribution in [3.8, 4) is 5.75 Å². The van der Waals surface area contributed by atoms with Crippen molar-refractivity contribution in [1.82, 2.24) is 10.2 Å². The van der Waals surface area contributed by atoms with E-state index in [0.29, 0.717) is 12.2 Å². The van der Waals surface area contributed by atoms with E-state index in [9.17, 15) is 9.59 Å². The van der Waals surface area contributed by atoms with Crippen LogP contribution in [0.4, 0.5) is 0 Å². The number of ether oxygens (including phenoxy) is 2. The Morgan fingerprint density at radius 3 is 2.76 bits per heavy atom. The predicted octanol–water partition coefficient (Wildman–Crippen LogP) is 2.29. The molecule has 2 atom stereocenters. The second-order valence-electron chi connectivity index (χ2n) is 6.48. The molecule has 0 bridgehead atoms. The highest BCUT2D eigenvalue weighted by Gasteiger charge is 2.22. The molecule has 1 aromatic rings. The standard InChI is InChI=1S/C19H28N2O4/c1-4-16(20-18(22)12-14-8-7-11-24-14)15-9-5-6-10-17(15)25-13-19(23)21(2)3/h5-6,9-10,14,16H,4,7-8,11-13H2,1-3H3,(H,20,22). The number of likely N-dealkylation sites (N-methyl/N-ethyl adjacent to an activating group) is 1. The number of nitrogens with one attached hydrogen (secondary N) is 1. The van der Waals surface area contributed by atoms with Crippen molar-refractivity contribution in [1.29, 1.82) is 0 Å². The summed E-state index contributed by atoms with van der Waals surface area (Å²) in [7, 11) is 3.38. The molecule has 2 amide bonds. The molecule has 0 spiro atoms. The zero-order chi connectivity index (χ0) is 18.2. The lowest BCUT2D eigenvalue weighted by atomic mass is 10.0. The third-order valence-electron chi connectivity index (χ3n) is 4.32. The van der Waals surface area contributed by atoms with E-state index >= 15 is 0 Å². The normalized spacial score (nSPS) is 17.8. The second-order valence-corrected chi connectivity index (χ2v) is 6.48. The fraction of sp³-hybridized carbons (Fsp3) is 0.579. The van der Waals surface area contributed by atoms with Gasteiger partial charge in [0.15, 0.2) is 6.61 Å². The van der Waals surface area contributed by atoms with Crippen molar-refractivity contribution < 1.29 is 19.1 Å². The van der Waals surface area contributed by atoms with Crippen molar-refractivity contribution in [2.45, 2.75) is 44.8 Å². The first kappa shape index (κ1) is 19.2. The van der Waals surface area contributed by atoms with E-state index in [1.807, 2.05) is 31.2 Å². The first-order valence-electron chi connectivity index (χ1n) is 8.84. The SMILES string of the molecule is CCC(NC(=O)CC1CCCO1)c1ccccc1OCC(=O)N(C)C. The molecule has 6 heteroatoms. The maximum Gasteiger partial charge on any atom is 0.259 e. The van der Waals surface area contributed by atoms with Gasteiger partial charge in [0.1, 0.15) is 5.75 Å². The van der Waals surface area contributed by atoms with Crippen LogP contribution in [0.15, 0.2) is 24.3 Å². The Hall–Kier alpha value is -2.08. The van der Waals surface area contributed by atoms with E-state index < -0.39 is 0 Å². The Kier molecular flexibility index (Phi) is 7.25. The van der Waals surface area contributed by atoms with Crippen molar-refractivity contribution in [2.75, 3.05) is 27.3 Å². The van der Waals surface area contributed by atoms with Gasteiger partial charge in [-0.3, -0.25) is 9.59 Å². The molecular formula is C19H28N2O4. The van der Waals surface area contributed by atoms with E-state index in [2.05, 4.69) is 5.32 Å². The summed E-state index contributed by atoms with van der Waals surface area (Å²) >= 11 is 0. The van der Waals surface area contributed by atoms with Gasteiger partial charge >= 0.3 is 0 Å². The van der Waals surface area contributed by atoms with Crippen LogP contribution in [0.5, 0.6) is 5.75 Å². The number of hydrogen-bond donors (Lipinski definition) is 1. The summed E-state index contributed by atoms with van der Waals surface area (Å²) in [5, 5.41) is 3.07. The van der Waals surface area contributed by atoms with Crippen LogP contribution in [0, 0.1) is 0 Å². The lowest BCUT2D eigenvalue weighted by Crippen LogP contribution is -2.31. The summed E-state index contributed by atoms with van der Waals surface area (Å²) in [6.07, 6.45) is 3.11. The lowest BCUT2D eigenvalue weighted by Gasteiger charge is -2.22. The largest absolute Gasteiger partial charge is 0.483 e. The van der Waals surface area contributed by atoms with Crippen LogP contribution in [-0.4, -0.2) is 50.1 Å². The van der Waals surface area contributed by atoms with Crippen molar-refractivity contribution in [2.24, 2.45) is 0 Å². The van der Waals surface area contributed by atoms with Crippen LogP contribution < -0.4 is 10.1 Å². The van der Waals surface area contributed by atoms with Crippen LogP contribution in [0.2, 0.25) is 0 Å². The average Bonchev–Trinajstić information content (AvgIpc) is 3.10. The van der Waals surface area contributed by atoms with E-state index in [1.54, 1.807) is 14.1 Å². The topological polar surface area (TPSA) is 67.9 Å². The molecule has 1 N–H and O–H groups in total. The van der Waals surface area contributed by atoms with E-state index in [-0.39, 0.29) is 30.6 Å². The highest BCUT2D eigenvalue weighted by atomic mass is 16.5. The Morgan fingerprint density at radius 1 is 1.36 bits per heavy atom. The minimum Gasteiger partial charge on any atom is -0.483 e. The molecule has 0 aromatic heterocycles. The third-order valence-corrected chi connectivity index (χ3v) is 4.32. The molecule has 2 unspecified atom stereocenters. The number of carbonyl (C=O) groups excluding carboxylic acids is 2. The molecule has 25 heavy (non-hydrogen) atoms. The third kappa shape index (κ3) is 5.74. The monoisotopic (exact) mass is 348 g/mol. The molecule has 0 saturated carbocycles. The number of rotatable bonds is 8. The van der Waals surface area contributed by atoms with E-state index in [0.717, 1.165) is 31.4 Å². The smallest absolute Gasteiger partial charge is 0.259 e. The molecule has 2 rings (SSSR count). The molecule has 138 valence electrons. The molecule has 0 radical (unpaired) electrons. The molecule has 0 aliphatic carbocycles. The van der Waals surface area contributed by atoms with Crippen LogP contribution in [-0.2, 0) is 14.3 Å². The molecule has 1 aromatic carbocycles. The van der Waals surface area contributed by atoms with Gasteiger partial charge < -0.3 is 19.7 Å². The number of hydrogen-bond acceptors (Lipinski definition) is 4. The zero-order valence-electron chi connectivity index (χ0n) is 15.3. The Balaban J connectivity index is 2.01. The number of para-hydroxylation sites is 1. The Morgan fingerprint density at radius 2 is 2.12 bits per heavy atom. The minimum atomic E-state index is -0.153. The Labute approximate surface area is 149 Å². The summed E-state index contributed by atoms with van der Waals surface area (Å²) < 4.78 is 11.2. The van der Waals surface area contributed by atoms with Crippen LogP contribution in [0.25, 0.3) is 0 Å². The highest BCUT2D eigenvalue weighted by Crippen LogP contribution is 2.27. The summed E-state index contributed by atoms with van der Waals surface area (Å²) in [6, 6.07) is 7.37.